The maximum Gasteiger partial charge on any atom is 0.272 e. The first-order valence-corrected chi connectivity index (χ1v) is 6.65. The molecule has 0 aliphatic heterocycles. The number of hydrogen-bond acceptors (Lipinski definition) is 4. The predicted octanol–water partition coefficient (Wildman–Crippen LogP) is 2.23. The van der Waals surface area contributed by atoms with Crippen molar-refractivity contribution in [2.45, 2.75) is 32.7 Å². The lowest BCUT2D eigenvalue weighted by Gasteiger charge is -2.31. The Kier molecular flexibility index (Phi) is 5.37. The van der Waals surface area contributed by atoms with Crippen LogP contribution in [-0.4, -0.2) is 22.9 Å². The zero-order valence-electron chi connectivity index (χ0n) is 12.4. The lowest BCUT2D eigenvalue weighted by Crippen LogP contribution is -2.52. The van der Waals surface area contributed by atoms with Gasteiger partial charge in [0.25, 0.3) is 11.6 Å². The first-order chi connectivity index (χ1) is 9.68. The third-order valence-corrected chi connectivity index (χ3v) is 3.13. The molecule has 0 spiro atoms. The van der Waals surface area contributed by atoms with Gasteiger partial charge in [0.2, 0.25) is 0 Å². The normalized spacial score (nSPS) is 13.8. The molecule has 116 valence electrons. The van der Waals surface area contributed by atoms with Crippen LogP contribution in [0.5, 0.6) is 0 Å². The molecule has 3 N–H and O–H groups in total. The number of amides is 1. The first kappa shape index (κ1) is 17.0. The minimum absolute atomic E-state index is 0.214. The number of hydrogen-bond donors (Lipinski definition) is 2. The van der Waals surface area contributed by atoms with E-state index < -0.39 is 27.9 Å². The molecule has 0 aliphatic carbocycles. The van der Waals surface area contributed by atoms with Gasteiger partial charge in [-0.05, 0) is 25.3 Å². The molecule has 0 saturated heterocycles. The highest BCUT2D eigenvalue weighted by molar-refractivity contribution is 5.95. The summed E-state index contributed by atoms with van der Waals surface area (Å²) in [6, 6.07) is 2.94. The fraction of sp³-hybridized carbons (Fsp3) is 0.500. The molecule has 0 heterocycles. The van der Waals surface area contributed by atoms with Gasteiger partial charge in [-0.1, -0.05) is 13.8 Å². The predicted molar refractivity (Wildman–Crippen MR) is 77.4 cm³/mol. The molecule has 0 saturated carbocycles. The molecule has 0 aliphatic rings. The molecular formula is C14H20FN3O3. The van der Waals surface area contributed by atoms with Crippen molar-refractivity contribution in [3.8, 4) is 0 Å². The number of benzene rings is 1. The SMILES string of the molecule is CC(C)CC(C)(CN)NC(=O)c1ccc([N+](=O)[O-])cc1F. The van der Waals surface area contributed by atoms with Crippen LogP contribution in [0, 0.1) is 21.8 Å². The Morgan fingerprint density at radius 2 is 2.14 bits per heavy atom. The first-order valence-electron chi connectivity index (χ1n) is 6.65. The van der Waals surface area contributed by atoms with Crippen molar-refractivity contribution in [1.82, 2.24) is 5.32 Å². The Morgan fingerprint density at radius 1 is 1.52 bits per heavy atom. The molecule has 0 radical (unpaired) electrons. The highest BCUT2D eigenvalue weighted by Gasteiger charge is 2.27. The molecule has 7 heteroatoms. The zero-order chi connectivity index (χ0) is 16.2. The summed E-state index contributed by atoms with van der Waals surface area (Å²) in [6.45, 7) is 5.98. The summed E-state index contributed by atoms with van der Waals surface area (Å²) in [5.41, 5.74) is 4.40. The number of nitrogens with one attached hydrogen (secondary N) is 1. The highest BCUT2D eigenvalue weighted by atomic mass is 19.1. The van der Waals surface area contributed by atoms with Crippen molar-refractivity contribution in [3.05, 3.63) is 39.7 Å². The molecule has 0 aromatic heterocycles. The van der Waals surface area contributed by atoms with Crippen molar-refractivity contribution in [3.63, 3.8) is 0 Å². The average molecular weight is 297 g/mol. The summed E-state index contributed by atoms with van der Waals surface area (Å²) in [6.07, 6.45) is 0.643. The number of halogens is 1. The van der Waals surface area contributed by atoms with Crippen LogP contribution in [0.15, 0.2) is 18.2 Å². The number of carbonyl (C=O) groups is 1. The number of carbonyl (C=O) groups excluding carboxylic acids is 1. The monoisotopic (exact) mass is 297 g/mol. The summed E-state index contributed by atoms with van der Waals surface area (Å²) >= 11 is 0. The van der Waals surface area contributed by atoms with E-state index in [0.717, 1.165) is 18.2 Å². The number of nitro benzene ring substituents is 1. The summed E-state index contributed by atoms with van der Waals surface area (Å²) in [5, 5.41) is 13.3. The lowest BCUT2D eigenvalue weighted by atomic mass is 9.90. The molecule has 0 bridgehead atoms. The topological polar surface area (TPSA) is 98.3 Å². The third kappa shape index (κ3) is 4.49. The van der Waals surface area contributed by atoms with Crippen LogP contribution >= 0.6 is 0 Å². The quantitative estimate of drug-likeness (QED) is 0.621. The molecule has 6 nitrogen and oxygen atoms in total. The molecule has 1 aromatic carbocycles. The van der Waals surface area contributed by atoms with E-state index in [9.17, 15) is 19.3 Å². The Hall–Kier alpha value is -2.02. The van der Waals surface area contributed by atoms with Crippen molar-refractivity contribution < 1.29 is 14.1 Å². The largest absolute Gasteiger partial charge is 0.346 e. The fourth-order valence-corrected chi connectivity index (χ4v) is 2.23. The Morgan fingerprint density at radius 3 is 2.57 bits per heavy atom. The van der Waals surface area contributed by atoms with Gasteiger partial charge in [0.05, 0.1) is 16.6 Å². The molecule has 21 heavy (non-hydrogen) atoms. The Labute approximate surface area is 122 Å². The minimum Gasteiger partial charge on any atom is -0.346 e. The Balaban J connectivity index is 2.96. The molecule has 1 unspecified atom stereocenters. The summed E-state index contributed by atoms with van der Waals surface area (Å²) < 4.78 is 13.8. The van der Waals surface area contributed by atoms with Crippen LogP contribution in [0.25, 0.3) is 0 Å². The van der Waals surface area contributed by atoms with Crippen LogP contribution in [0.2, 0.25) is 0 Å². The molecular weight excluding hydrogens is 277 g/mol. The van der Waals surface area contributed by atoms with Crippen molar-refractivity contribution >= 4 is 11.6 Å². The van der Waals surface area contributed by atoms with Crippen molar-refractivity contribution in [2.24, 2.45) is 11.7 Å². The molecule has 1 atom stereocenters. The van der Waals surface area contributed by atoms with Crippen LogP contribution in [-0.2, 0) is 0 Å². The van der Waals surface area contributed by atoms with E-state index >= 15 is 0 Å². The molecule has 0 fully saturated rings. The average Bonchev–Trinajstić information content (AvgIpc) is 2.37. The van der Waals surface area contributed by atoms with Gasteiger partial charge in [-0.15, -0.1) is 0 Å². The second kappa shape index (κ2) is 6.62. The summed E-state index contributed by atoms with van der Waals surface area (Å²) in [5.74, 6) is -1.25. The Bertz CT molecular complexity index is 548. The van der Waals surface area contributed by atoms with E-state index in [1.54, 1.807) is 6.92 Å². The van der Waals surface area contributed by atoms with E-state index in [2.05, 4.69) is 5.32 Å². The molecule has 1 rings (SSSR count). The number of rotatable bonds is 6. The highest BCUT2D eigenvalue weighted by Crippen LogP contribution is 2.19. The van der Waals surface area contributed by atoms with Gasteiger partial charge in [0.1, 0.15) is 5.82 Å². The number of nitro groups is 1. The molecule has 1 amide bonds. The number of non-ortho nitro benzene ring substituents is 1. The maximum absolute atomic E-state index is 13.8. The van der Waals surface area contributed by atoms with Gasteiger partial charge in [-0.3, -0.25) is 14.9 Å². The van der Waals surface area contributed by atoms with Crippen molar-refractivity contribution in [1.29, 1.82) is 0 Å². The fourth-order valence-electron chi connectivity index (χ4n) is 2.23. The van der Waals surface area contributed by atoms with Gasteiger partial charge in [0, 0.05) is 18.2 Å². The van der Waals surface area contributed by atoms with Crippen LogP contribution in [0.4, 0.5) is 10.1 Å². The second-order valence-electron chi connectivity index (χ2n) is 5.74. The van der Waals surface area contributed by atoms with Gasteiger partial charge in [0.15, 0.2) is 0 Å². The smallest absolute Gasteiger partial charge is 0.272 e. The molecule has 1 aromatic rings. The standard InChI is InChI=1S/C14H20FN3O3/c1-9(2)7-14(3,8-16)17-13(19)11-5-4-10(18(20)21)6-12(11)15/h4-6,9H,7-8,16H2,1-3H3,(H,17,19). The van der Waals surface area contributed by atoms with Gasteiger partial charge < -0.3 is 11.1 Å². The zero-order valence-corrected chi connectivity index (χ0v) is 12.4. The van der Waals surface area contributed by atoms with Crippen LogP contribution in [0.3, 0.4) is 0 Å². The minimum atomic E-state index is -0.925. The van der Waals surface area contributed by atoms with E-state index in [-0.39, 0.29) is 12.1 Å². The van der Waals surface area contributed by atoms with E-state index in [1.807, 2.05) is 13.8 Å². The van der Waals surface area contributed by atoms with Crippen molar-refractivity contribution in [2.75, 3.05) is 6.54 Å². The lowest BCUT2D eigenvalue weighted by molar-refractivity contribution is -0.385. The van der Waals surface area contributed by atoms with Gasteiger partial charge in [-0.2, -0.15) is 0 Å². The van der Waals surface area contributed by atoms with E-state index in [0.29, 0.717) is 12.3 Å². The van der Waals surface area contributed by atoms with Crippen LogP contribution < -0.4 is 11.1 Å². The number of nitrogens with two attached hydrogens (primary N) is 1. The van der Waals surface area contributed by atoms with Crippen LogP contribution in [0.1, 0.15) is 37.6 Å². The van der Waals surface area contributed by atoms with E-state index in [1.165, 1.54) is 0 Å². The maximum atomic E-state index is 13.8. The van der Waals surface area contributed by atoms with Gasteiger partial charge >= 0.3 is 0 Å². The summed E-state index contributed by atoms with van der Waals surface area (Å²) in [7, 11) is 0. The van der Waals surface area contributed by atoms with E-state index in [4.69, 9.17) is 5.73 Å². The third-order valence-electron chi connectivity index (χ3n) is 3.13. The number of nitrogens with zero attached hydrogens (tertiary/aromatic N) is 1. The second-order valence-corrected chi connectivity index (χ2v) is 5.74. The summed E-state index contributed by atoms with van der Waals surface area (Å²) in [4.78, 5) is 22.0. The van der Waals surface area contributed by atoms with Gasteiger partial charge in [-0.25, -0.2) is 4.39 Å².